The third kappa shape index (κ3) is 4.69. The van der Waals surface area contributed by atoms with E-state index in [1.54, 1.807) is 0 Å². The lowest BCUT2D eigenvalue weighted by Crippen LogP contribution is -2.28. The third-order valence-electron chi connectivity index (χ3n) is 2.90. The predicted octanol–water partition coefficient (Wildman–Crippen LogP) is 3.51. The summed E-state index contributed by atoms with van der Waals surface area (Å²) in [6, 6.07) is 2.06. The molecule has 0 saturated heterocycles. The zero-order chi connectivity index (χ0) is 14.4. The van der Waals surface area contributed by atoms with Crippen LogP contribution < -0.4 is 10.2 Å². The number of nitrogens with one attached hydrogen (secondary N) is 1. The molecule has 1 aromatic heterocycles. The van der Waals surface area contributed by atoms with Crippen LogP contribution in [0.1, 0.15) is 53.3 Å². The Morgan fingerprint density at radius 3 is 2.32 bits per heavy atom. The van der Waals surface area contributed by atoms with Gasteiger partial charge in [-0.2, -0.15) is 0 Å². The van der Waals surface area contributed by atoms with Crippen molar-refractivity contribution < 1.29 is 0 Å². The van der Waals surface area contributed by atoms with Gasteiger partial charge in [0, 0.05) is 31.6 Å². The first kappa shape index (κ1) is 15.7. The van der Waals surface area contributed by atoms with Gasteiger partial charge in [-0.3, -0.25) is 0 Å². The Hall–Kier alpha value is -1.32. The highest BCUT2D eigenvalue weighted by molar-refractivity contribution is 5.49. The molecule has 0 radical (unpaired) electrons. The van der Waals surface area contributed by atoms with E-state index < -0.39 is 0 Å². The first-order chi connectivity index (χ1) is 8.97. The molecule has 108 valence electrons. The third-order valence-corrected chi connectivity index (χ3v) is 2.90. The van der Waals surface area contributed by atoms with E-state index in [9.17, 15) is 0 Å². The second kappa shape index (κ2) is 7.31. The minimum absolute atomic E-state index is 0.343. The van der Waals surface area contributed by atoms with Gasteiger partial charge in [0.2, 0.25) is 0 Å². The SMILES string of the molecule is CCNc1cc(N(CC)CC(C)C)nc(C(C)C)n1. The maximum absolute atomic E-state index is 4.71. The van der Waals surface area contributed by atoms with Gasteiger partial charge in [0.25, 0.3) is 0 Å². The Labute approximate surface area is 117 Å². The van der Waals surface area contributed by atoms with E-state index in [0.29, 0.717) is 11.8 Å². The molecule has 0 atom stereocenters. The molecule has 0 saturated carbocycles. The molecule has 1 heterocycles. The van der Waals surface area contributed by atoms with Crippen molar-refractivity contribution in [1.29, 1.82) is 0 Å². The van der Waals surface area contributed by atoms with Crippen LogP contribution in [0.15, 0.2) is 6.07 Å². The Balaban J connectivity index is 3.09. The largest absolute Gasteiger partial charge is 0.370 e. The summed E-state index contributed by atoms with van der Waals surface area (Å²) in [5.41, 5.74) is 0. The van der Waals surface area contributed by atoms with Gasteiger partial charge in [0.1, 0.15) is 17.5 Å². The summed E-state index contributed by atoms with van der Waals surface area (Å²) in [7, 11) is 0. The molecule has 19 heavy (non-hydrogen) atoms. The van der Waals surface area contributed by atoms with Crippen molar-refractivity contribution in [1.82, 2.24) is 9.97 Å². The molecule has 0 unspecified atom stereocenters. The lowest BCUT2D eigenvalue weighted by Gasteiger charge is -2.25. The predicted molar refractivity (Wildman–Crippen MR) is 83.0 cm³/mol. The zero-order valence-electron chi connectivity index (χ0n) is 13.2. The molecular weight excluding hydrogens is 236 g/mol. The van der Waals surface area contributed by atoms with Crippen LogP contribution in [0.3, 0.4) is 0 Å². The van der Waals surface area contributed by atoms with Crippen LogP contribution in [0.5, 0.6) is 0 Å². The molecule has 0 aliphatic heterocycles. The van der Waals surface area contributed by atoms with Crippen molar-refractivity contribution in [3.8, 4) is 0 Å². The Morgan fingerprint density at radius 2 is 1.84 bits per heavy atom. The summed E-state index contributed by atoms with van der Waals surface area (Å²) in [5, 5.41) is 3.30. The Bertz CT molecular complexity index is 388. The molecule has 4 heteroatoms. The summed E-state index contributed by atoms with van der Waals surface area (Å²) in [6.07, 6.45) is 0. The second-order valence-electron chi connectivity index (χ2n) is 5.59. The maximum Gasteiger partial charge on any atom is 0.135 e. The van der Waals surface area contributed by atoms with E-state index in [0.717, 1.165) is 37.1 Å². The van der Waals surface area contributed by atoms with E-state index in [2.05, 4.69) is 62.8 Å². The summed E-state index contributed by atoms with van der Waals surface area (Å²) >= 11 is 0. The van der Waals surface area contributed by atoms with Gasteiger partial charge in [0.05, 0.1) is 0 Å². The van der Waals surface area contributed by atoms with Gasteiger partial charge < -0.3 is 10.2 Å². The monoisotopic (exact) mass is 264 g/mol. The van der Waals surface area contributed by atoms with Crippen LogP contribution in [0.4, 0.5) is 11.6 Å². The molecule has 0 aliphatic rings. The molecule has 0 aromatic carbocycles. The highest BCUT2D eigenvalue weighted by Crippen LogP contribution is 2.20. The summed E-state index contributed by atoms with van der Waals surface area (Å²) in [4.78, 5) is 11.6. The van der Waals surface area contributed by atoms with Gasteiger partial charge in [-0.15, -0.1) is 0 Å². The van der Waals surface area contributed by atoms with E-state index >= 15 is 0 Å². The number of rotatable bonds is 7. The fraction of sp³-hybridized carbons (Fsp3) is 0.733. The maximum atomic E-state index is 4.71. The molecule has 1 aromatic rings. The number of hydrogen-bond acceptors (Lipinski definition) is 4. The van der Waals surface area contributed by atoms with Crippen LogP contribution in [-0.2, 0) is 0 Å². The van der Waals surface area contributed by atoms with Crippen molar-refractivity contribution in [2.24, 2.45) is 5.92 Å². The van der Waals surface area contributed by atoms with Gasteiger partial charge in [-0.1, -0.05) is 27.7 Å². The van der Waals surface area contributed by atoms with Gasteiger partial charge in [0.15, 0.2) is 0 Å². The van der Waals surface area contributed by atoms with Crippen LogP contribution in [0.2, 0.25) is 0 Å². The summed E-state index contributed by atoms with van der Waals surface area (Å²) in [5.74, 6) is 3.84. The molecule has 1 rings (SSSR count). The molecule has 4 nitrogen and oxygen atoms in total. The number of nitrogens with zero attached hydrogens (tertiary/aromatic N) is 3. The highest BCUT2D eigenvalue weighted by atomic mass is 15.2. The first-order valence-corrected chi connectivity index (χ1v) is 7.35. The fourth-order valence-electron chi connectivity index (χ4n) is 1.97. The fourth-order valence-corrected chi connectivity index (χ4v) is 1.97. The van der Waals surface area contributed by atoms with Crippen molar-refractivity contribution in [3.63, 3.8) is 0 Å². The van der Waals surface area contributed by atoms with E-state index in [-0.39, 0.29) is 0 Å². The van der Waals surface area contributed by atoms with Crippen molar-refractivity contribution in [2.75, 3.05) is 29.9 Å². The smallest absolute Gasteiger partial charge is 0.135 e. The topological polar surface area (TPSA) is 41.0 Å². The number of aromatic nitrogens is 2. The average Bonchev–Trinajstić information content (AvgIpc) is 2.35. The van der Waals surface area contributed by atoms with E-state index in [1.807, 2.05) is 0 Å². The van der Waals surface area contributed by atoms with Gasteiger partial charge in [-0.25, -0.2) is 9.97 Å². The Kier molecular flexibility index (Phi) is 6.06. The first-order valence-electron chi connectivity index (χ1n) is 7.35. The quantitative estimate of drug-likeness (QED) is 0.818. The highest BCUT2D eigenvalue weighted by Gasteiger charge is 2.13. The lowest BCUT2D eigenvalue weighted by atomic mass is 10.2. The van der Waals surface area contributed by atoms with Crippen LogP contribution in [-0.4, -0.2) is 29.6 Å². The zero-order valence-corrected chi connectivity index (χ0v) is 13.2. The van der Waals surface area contributed by atoms with E-state index in [1.165, 1.54) is 0 Å². The molecule has 0 amide bonds. The molecule has 0 spiro atoms. The normalized spacial score (nSPS) is 11.2. The summed E-state index contributed by atoms with van der Waals surface area (Å²) < 4.78 is 0. The van der Waals surface area contributed by atoms with Crippen molar-refractivity contribution in [2.45, 2.75) is 47.5 Å². The minimum Gasteiger partial charge on any atom is -0.370 e. The van der Waals surface area contributed by atoms with Crippen LogP contribution in [0, 0.1) is 5.92 Å². The van der Waals surface area contributed by atoms with Gasteiger partial charge in [-0.05, 0) is 19.8 Å². The van der Waals surface area contributed by atoms with Gasteiger partial charge >= 0.3 is 0 Å². The van der Waals surface area contributed by atoms with Crippen LogP contribution in [0.25, 0.3) is 0 Å². The molecule has 0 fully saturated rings. The summed E-state index contributed by atoms with van der Waals surface area (Å²) in [6.45, 7) is 15.9. The van der Waals surface area contributed by atoms with E-state index in [4.69, 9.17) is 4.98 Å². The second-order valence-corrected chi connectivity index (χ2v) is 5.59. The standard InChI is InChI=1S/C15H28N4/c1-7-16-13-9-14(18-15(17-13)12(5)6)19(8-2)10-11(3)4/h9,11-12H,7-8,10H2,1-6H3,(H,16,17,18). The molecule has 0 aliphatic carbocycles. The number of anilines is 2. The average molecular weight is 264 g/mol. The molecule has 0 bridgehead atoms. The number of hydrogen-bond donors (Lipinski definition) is 1. The minimum atomic E-state index is 0.343. The lowest BCUT2D eigenvalue weighted by molar-refractivity contribution is 0.611. The molecular formula is C15H28N4. The van der Waals surface area contributed by atoms with Crippen molar-refractivity contribution >= 4 is 11.6 Å². The van der Waals surface area contributed by atoms with Crippen LogP contribution >= 0.6 is 0 Å². The molecule has 1 N–H and O–H groups in total. The Morgan fingerprint density at radius 1 is 1.16 bits per heavy atom. The van der Waals surface area contributed by atoms with Crippen molar-refractivity contribution in [3.05, 3.63) is 11.9 Å².